The lowest BCUT2D eigenvalue weighted by molar-refractivity contribution is -0.170. The van der Waals surface area contributed by atoms with Crippen molar-refractivity contribution in [3.05, 3.63) is 95.8 Å². The number of nitrogens with two attached hydrogens (primary N) is 1. The fraction of sp³-hybridized carbons (Fsp3) is 0.400. The fourth-order valence-electron chi connectivity index (χ4n) is 5.00. The Morgan fingerprint density at radius 1 is 0.956 bits per heavy atom. The van der Waals surface area contributed by atoms with Crippen LogP contribution >= 0.6 is 0 Å². The monoisotopic (exact) mass is 621 g/mol. The molecule has 0 aliphatic heterocycles. The lowest BCUT2D eigenvalue weighted by atomic mass is 9.83. The van der Waals surface area contributed by atoms with E-state index < -0.39 is 46.7 Å². The molecule has 0 unspecified atom stereocenters. The second kappa shape index (κ2) is 15.6. The largest absolute Gasteiger partial charge is 0.454 e. The number of rotatable bonds is 15. The van der Waals surface area contributed by atoms with E-state index in [1.807, 2.05) is 43.3 Å². The van der Waals surface area contributed by atoms with Crippen LogP contribution in [0.25, 0.3) is 0 Å². The number of nitrogens with one attached hydrogen (secondary N) is 2. The molecule has 0 aliphatic carbocycles. The van der Waals surface area contributed by atoms with Crippen LogP contribution in [0.3, 0.4) is 0 Å². The van der Waals surface area contributed by atoms with E-state index in [1.54, 1.807) is 58.0 Å². The summed E-state index contributed by atoms with van der Waals surface area (Å²) in [5.41, 5.74) is 3.87. The van der Waals surface area contributed by atoms with Gasteiger partial charge in [-0.3, -0.25) is 14.4 Å². The predicted octanol–water partition coefficient (Wildman–Crippen LogP) is 4.97. The van der Waals surface area contributed by atoms with Gasteiger partial charge < -0.3 is 30.9 Å². The summed E-state index contributed by atoms with van der Waals surface area (Å²) in [6.07, 6.45) is -1.52. The molecule has 0 saturated carbocycles. The summed E-state index contributed by atoms with van der Waals surface area (Å²) in [6, 6.07) is 21.2. The van der Waals surface area contributed by atoms with E-state index in [2.05, 4.69) is 10.6 Å². The van der Waals surface area contributed by atoms with Crippen molar-refractivity contribution in [1.82, 2.24) is 10.6 Å². The second-order valence-electron chi connectivity index (χ2n) is 12.1. The lowest BCUT2D eigenvalue weighted by Crippen LogP contribution is -2.64. The summed E-state index contributed by atoms with van der Waals surface area (Å²) < 4.78 is 25.9. The number of ether oxygens (including phenoxy) is 2. The smallest absolute Gasteiger partial charge is 0.255 e. The van der Waals surface area contributed by atoms with Gasteiger partial charge in [-0.05, 0) is 73.9 Å². The van der Waals surface area contributed by atoms with Crippen molar-refractivity contribution in [2.45, 2.75) is 77.7 Å². The maximum Gasteiger partial charge on any atom is 0.255 e. The van der Waals surface area contributed by atoms with Gasteiger partial charge in [-0.15, -0.1) is 0 Å². The van der Waals surface area contributed by atoms with Gasteiger partial charge in [-0.1, -0.05) is 75.4 Å². The molecule has 3 aromatic carbocycles. The summed E-state index contributed by atoms with van der Waals surface area (Å²) in [5, 5.41) is 17.4. The molecule has 0 heterocycles. The van der Waals surface area contributed by atoms with Crippen LogP contribution in [0.4, 0.5) is 4.39 Å². The van der Waals surface area contributed by atoms with Crippen molar-refractivity contribution in [3.8, 4) is 11.5 Å². The van der Waals surface area contributed by atoms with Gasteiger partial charge in [-0.25, -0.2) is 4.39 Å². The fourth-order valence-corrected chi connectivity index (χ4v) is 5.00. The van der Waals surface area contributed by atoms with Gasteiger partial charge in [0.25, 0.3) is 5.91 Å². The number of hydrogen-bond donors (Lipinski definition) is 4. The van der Waals surface area contributed by atoms with E-state index in [-0.39, 0.29) is 37.7 Å². The number of carbonyl (C=O) groups is 3. The first-order chi connectivity index (χ1) is 21.3. The molecule has 3 amide bonds. The molecule has 0 aliphatic rings. The molecule has 0 spiro atoms. The zero-order valence-electron chi connectivity index (χ0n) is 26.5. The Balaban J connectivity index is 1.78. The lowest BCUT2D eigenvalue weighted by Gasteiger charge is -2.37. The molecule has 0 radical (unpaired) electrons. The van der Waals surface area contributed by atoms with Crippen molar-refractivity contribution in [1.29, 1.82) is 0 Å². The van der Waals surface area contributed by atoms with Crippen LogP contribution in [-0.4, -0.2) is 47.2 Å². The number of benzene rings is 3. The molecule has 3 rings (SSSR count). The average Bonchev–Trinajstić information content (AvgIpc) is 2.99. The Hall–Kier alpha value is -4.28. The topological polar surface area (TPSA) is 140 Å². The first-order valence-electron chi connectivity index (χ1n) is 15.1. The zero-order chi connectivity index (χ0) is 33.2. The van der Waals surface area contributed by atoms with Crippen LogP contribution in [0, 0.1) is 11.2 Å². The quantitative estimate of drug-likeness (QED) is 0.189. The SMILES string of the molecule is CCO[C@H](C(N)=O)[C@](O)(CCCc1ccc(Oc2ccccc2)c(F)c1)C(=O)N[C@H](C(=O)N[C@H](C)c1ccccc1)C(C)(C)C. The van der Waals surface area contributed by atoms with Crippen molar-refractivity contribution >= 4 is 17.7 Å². The van der Waals surface area contributed by atoms with Crippen molar-refractivity contribution < 1.29 is 33.4 Å². The molecule has 4 atom stereocenters. The second-order valence-corrected chi connectivity index (χ2v) is 12.1. The molecule has 3 aromatic rings. The van der Waals surface area contributed by atoms with Gasteiger partial charge in [-0.2, -0.15) is 0 Å². The van der Waals surface area contributed by atoms with Crippen LogP contribution in [0.15, 0.2) is 78.9 Å². The van der Waals surface area contributed by atoms with Gasteiger partial charge in [0.15, 0.2) is 23.3 Å². The molecule has 0 fully saturated rings. The highest BCUT2D eigenvalue weighted by molar-refractivity contribution is 5.96. The van der Waals surface area contributed by atoms with Crippen molar-refractivity contribution in [2.75, 3.05) is 6.61 Å². The maximum absolute atomic E-state index is 14.8. The van der Waals surface area contributed by atoms with Crippen LogP contribution in [-0.2, 0) is 25.5 Å². The molecule has 0 aromatic heterocycles. The number of primary amides is 1. The van der Waals surface area contributed by atoms with Gasteiger partial charge in [0.05, 0.1) is 6.04 Å². The molecule has 10 heteroatoms. The number of carbonyl (C=O) groups excluding carboxylic acids is 3. The number of halogens is 1. The van der Waals surface area contributed by atoms with Crippen molar-refractivity contribution in [3.63, 3.8) is 0 Å². The number of hydrogen-bond acceptors (Lipinski definition) is 6. The summed E-state index contributed by atoms with van der Waals surface area (Å²) in [4.78, 5) is 39.7. The van der Waals surface area contributed by atoms with Crippen molar-refractivity contribution in [2.24, 2.45) is 11.1 Å². The maximum atomic E-state index is 14.8. The van der Waals surface area contributed by atoms with Crippen LogP contribution in [0.1, 0.15) is 64.6 Å². The summed E-state index contributed by atoms with van der Waals surface area (Å²) >= 11 is 0. The highest BCUT2D eigenvalue weighted by Crippen LogP contribution is 2.28. The van der Waals surface area contributed by atoms with E-state index in [1.165, 1.54) is 12.1 Å². The zero-order valence-corrected chi connectivity index (χ0v) is 26.5. The third-order valence-electron chi connectivity index (χ3n) is 7.47. The minimum atomic E-state index is -2.41. The van der Waals surface area contributed by atoms with E-state index in [9.17, 15) is 23.9 Å². The van der Waals surface area contributed by atoms with Crippen LogP contribution in [0.5, 0.6) is 11.5 Å². The predicted molar refractivity (Wildman–Crippen MR) is 170 cm³/mol. The first-order valence-corrected chi connectivity index (χ1v) is 15.1. The number of para-hydroxylation sites is 1. The molecule has 5 N–H and O–H groups in total. The molecule has 45 heavy (non-hydrogen) atoms. The molecular weight excluding hydrogens is 577 g/mol. The van der Waals surface area contributed by atoms with E-state index in [0.717, 1.165) is 5.56 Å². The van der Waals surface area contributed by atoms with E-state index >= 15 is 0 Å². The van der Waals surface area contributed by atoms with Gasteiger partial charge in [0, 0.05) is 6.61 Å². The summed E-state index contributed by atoms with van der Waals surface area (Å²) in [7, 11) is 0. The van der Waals surface area contributed by atoms with Crippen LogP contribution in [0.2, 0.25) is 0 Å². The third-order valence-corrected chi connectivity index (χ3v) is 7.47. The molecule has 9 nitrogen and oxygen atoms in total. The Bertz CT molecular complexity index is 1430. The molecule has 242 valence electrons. The average molecular weight is 622 g/mol. The molecule has 0 bridgehead atoms. The van der Waals surface area contributed by atoms with Crippen LogP contribution < -0.4 is 21.1 Å². The highest BCUT2D eigenvalue weighted by atomic mass is 19.1. The first kappa shape index (κ1) is 35.2. The third kappa shape index (κ3) is 9.60. The van der Waals surface area contributed by atoms with E-state index in [4.69, 9.17) is 15.2 Å². The Labute approximate surface area is 264 Å². The van der Waals surface area contributed by atoms with Gasteiger partial charge in [0.1, 0.15) is 11.8 Å². The normalized spacial score (nSPS) is 14.8. The molecule has 0 saturated heterocycles. The number of aliphatic hydroxyl groups is 1. The molecular formula is C35H44FN3O6. The minimum absolute atomic E-state index is 0.00490. The minimum Gasteiger partial charge on any atom is -0.454 e. The van der Waals surface area contributed by atoms with Gasteiger partial charge in [0.2, 0.25) is 11.8 Å². The highest BCUT2D eigenvalue weighted by Gasteiger charge is 2.49. The Kier molecular flexibility index (Phi) is 12.2. The summed E-state index contributed by atoms with van der Waals surface area (Å²) in [6.45, 7) is 8.75. The Morgan fingerprint density at radius 3 is 2.13 bits per heavy atom. The van der Waals surface area contributed by atoms with Gasteiger partial charge >= 0.3 is 0 Å². The standard InChI is InChI=1S/C35H44FN3O6/c1-6-44-30(31(37)40)35(43,21-13-14-24-19-20-28(27(36)22-24)45-26-17-11-8-12-18-26)33(42)39-29(34(3,4)5)32(41)38-23(2)25-15-9-7-10-16-25/h7-12,15-20,22-23,29-30,43H,6,13-14,21H2,1-5H3,(H2,37,40)(H,38,41)(H,39,42)/t23-,29-,30-,35-/m1/s1. The Morgan fingerprint density at radius 2 is 1.58 bits per heavy atom. The van der Waals surface area contributed by atoms with E-state index in [0.29, 0.717) is 11.3 Å². The summed E-state index contributed by atoms with van der Waals surface area (Å²) in [5.74, 6) is -2.49. The number of aryl methyl sites for hydroxylation is 1. The number of amides is 3.